The number of fused-ring (bicyclic) bond motifs is 1. The lowest BCUT2D eigenvalue weighted by Gasteiger charge is -2.13. The second-order valence-corrected chi connectivity index (χ2v) is 6.58. The third-order valence-electron chi connectivity index (χ3n) is 2.86. The summed E-state index contributed by atoms with van der Waals surface area (Å²) in [6, 6.07) is 7.35. The van der Waals surface area contributed by atoms with Crippen molar-refractivity contribution in [1.82, 2.24) is 5.43 Å². The third kappa shape index (κ3) is 2.90. The summed E-state index contributed by atoms with van der Waals surface area (Å²) in [5.41, 5.74) is 4.30. The number of para-hydroxylation sites is 1. The lowest BCUT2D eigenvalue weighted by molar-refractivity contribution is 0.521. The Bertz CT molecular complexity index is 634. The molecule has 0 aliphatic heterocycles. The number of benzene rings is 1. The predicted octanol–water partition coefficient (Wildman–Crippen LogP) is 1.37. The summed E-state index contributed by atoms with van der Waals surface area (Å²) in [5.74, 6) is 5.58. The average molecular weight is 268 g/mol. The van der Waals surface area contributed by atoms with E-state index in [1.165, 1.54) is 6.26 Å². The van der Waals surface area contributed by atoms with Gasteiger partial charge in [0.1, 0.15) is 15.4 Å². The van der Waals surface area contributed by atoms with E-state index in [1.54, 1.807) is 6.26 Å². The molecule has 0 aliphatic rings. The van der Waals surface area contributed by atoms with Gasteiger partial charge in [-0.15, -0.1) is 0 Å². The highest BCUT2D eigenvalue weighted by Crippen LogP contribution is 2.27. The molecular weight excluding hydrogens is 252 g/mol. The molecule has 5 nitrogen and oxygen atoms in total. The number of hydrogen-bond donors (Lipinski definition) is 2. The number of furan rings is 1. The normalized spacial score (nSPS) is 13.9. The first-order valence-electron chi connectivity index (χ1n) is 5.61. The molecule has 0 fully saturated rings. The van der Waals surface area contributed by atoms with Gasteiger partial charge in [-0.25, -0.2) is 8.42 Å². The lowest BCUT2D eigenvalue weighted by atomic mass is 10.0. The number of nitrogens with one attached hydrogen (secondary N) is 1. The molecule has 0 amide bonds. The topological polar surface area (TPSA) is 85.3 Å². The van der Waals surface area contributed by atoms with E-state index >= 15 is 0 Å². The van der Waals surface area contributed by atoms with E-state index in [0.29, 0.717) is 6.42 Å². The van der Waals surface area contributed by atoms with Gasteiger partial charge in [0.05, 0.1) is 18.1 Å². The largest absolute Gasteiger partial charge is 0.464 e. The number of hydrazine groups is 1. The Morgan fingerprint density at radius 3 is 2.78 bits per heavy atom. The molecule has 18 heavy (non-hydrogen) atoms. The van der Waals surface area contributed by atoms with Gasteiger partial charge >= 0.3 is 0 Å². The average Bonchev–Trinajstić information content (AvgIpc) is 2.73. The minimum Gasteiger partial charge on any atom is -0.464 e. The second-order valence-electron chi connectivity index (χ2n) is 4.33. The fraction of sp³-hybridized carbons (Fsp3) is 0.333. The monoisotopic (exact) mass is 268 g/mol. The van der Waals surface area contributed by atoms with Gasteiger partial charge in [-0.3, -0.25) is 11.3 Å². The standard InChI is InChI=1S/C12H16N2O3S/c1-18(15,16)7-6-11(14-13)10-8-17-12-5-3-2-4-9(10)12/h2-5,8,11,14H,6-7,13H2,1H3. The highest BCUT2D eigenvalue weighted by atomic mass is 32.2. The molecule has 6 heteroatoms. The van der Waals surface area contributed by atoms with Gasteiger partial charge in [-0.1, -0.05) is 18.2 Å². The Morgan fingerprint density at radius 1 is 1.39 bits per heavy atom. The zero-order valence-electron chi connectivity index (χ0n) is 10.1. The molecule has 2 aromatic rings. The van der Waals surface area contributed by atoms with Crippen molar-refractivity contribution < 1.29 is 12.8 Å². The minimum absolute atomic E-state index is 0.0847. The smallest absolute Gasteiger partial charge is 0.147 e. The van der Waals surface area contributed by atoms with Crippen molar-refractivity contribution in [2.45, 2.75) is 12.5 Å². The Hall–Kier alpha value is -1.37. The first-order chi connectivity index (χ1) is 8.51. The van der Waals surface area contributed by atoms with E-state index in [-0.39, 0.29) is 11.8 Å². The minimum atomic E-state index is -3.00. The third-order valence-corrected chi connectivity index (χ3v) is 3.84. The van der Waals surface area contributed by atoms with Crippen LogP contribution in [0.25, 0.3) is 11.0 Å². The maximum Gasteiger partial charge on any atom is 0.147 e. The zero-order valence-corrected chi connectivity index (χ0v) is 10.9. The quantitative estimate of drug-likeness (QED) is 0.632. The van der Waals surface area contributed by atoms with Crippen molar-refractivity contribution in [1.29, 1.82) is 0 Å². The molecule has 0 radical (unpaired) electrons. The van der Waals surface area contributed by atoms with E-state index in [9.17, 15) is 8.42 Å². The molecule has 0 bridgehead atoms. The summed E-state index contributed by atoms with van der Waals surface area (Å²) in [4.78, 5) is 0. The van der Waals surface area contributed by atoms with Crippen LogP contribution < -0.4 is 11.3 Å². The highest BCUT2D eigenvalue weighted by Gasteiger charge is 2.17. The molecule has 0 saturated heterocycles. The Morgan fingerprint density at radius 2 is 2.11 bits per heavy atom. The summed E-state index contributed by atoms with van der Waals surface area (Å²) >= 11 is 0. The van der Waals surface area contributed by atoms with Crippen LogP contribution in [0.15, 0.2) is 34.9 Å². The maximum atomic E-state index is 11.2. The molecule has 0 saturated carbocycles. The lowest BCUT2D eigenvalue weighted by Crippen LogP contribution is -2.29. The van der Waals surface area contributed by atoms with Crippen molar-refractivity contribution in [2.24, 2.45) is 5.84 Å². The Balaban J connectivity index is 2.27. The van der Waals surface area contributed by atoms with E-state index in [2.05, 4.69) is 5.43 Å². The molecule has 1 unspecified atom stereocenters. The van der Waals surface area contributed by atoms with Crippen LogP contribution in [0.4, 0.5) is 0 Å². The van der Waals surface area contributed by atoms with E-state index < -0.39 is 9.84 Å². The first-order valence-corrected chi connectivity index (χ1v) is 7.67. The van der Waals surface area contributed by atoms with Gasteiger partial charge in [0.25, 0.3) is 0 Å². The van der Waals surface area contributed by atoms with Gasteiger partial charge in [0, 0.05) is 17.2 Å². The fourth-order valence-electron chi connectivity index (χ4n) is 1.93. The highest BCUT2D eigenvalue weighted by molar-refractivity contribution is 7.90. The van der Waals surface area contributed by atoms with Crippen LogP contribution in [0.5, 0.6) is 0 Å². The summed E-state index contributed by atoms with van der Waals surface area (Å²) in [7, 11) is -3.00. The predicted molar refractivity (Wildman–Crippen MR) is 70.6 cm³/mol. The summed E-state index contributed by atoms with van der Waals surface area (Å²) in [6.45, 7) is 0. The molecular formula is C12H16N2O3S. The van der Waals surface area contributed by atoms with Crippen molar-refractivity contribution in [3.8, 4) is 0 Å². The van der Waals surface area contributed by atoms with E-state index in [0.717, 1.165) is 16.5 Å². The van der Waals surface area contributed by atoms with Gasteiger partial charge in [0.15, 0.2) is 0 Å². The molecule has 1 heterocycles. The number of nitrogens with two attached hydrogens (primary N) is 1. The van der Waals surface area contributed by atoms with Crippen LogP contribution in [0.2, 0.25) is 0 Å². The second kappa shape index (κ2) is 5.09. The number of hydrogen-bond acceptors (Lipinski definition) is 5. The van der Waals surface area contributed by atoms with Gasteiger partial charge in [-0.05, 0) is 12.5 Å². The Labute approximate surface area is 106 Å². The SMILES string of the molecule is CS(=O)(=O)CCC(NN)c1coc2ccccc12. The maximum absolute atomic E-state index is 11.2. The van der Waals surface area contributed by atoms with Crippen LogP contribution in [0.1, 0.15) is 18.0 Å². The number of rotatable bonds is 5. The summed E-state index contributed by atoms with van der Waals surface area (Å²) in [5, 5.41) is 0.953. The summed E-state index contributed by atoms with van der Waals surface area (Å²) in [6.07, 6.45) is 3.25. The molecule has 2 rings (SSSR count). The van der Waals surface area contributed by atoms with Gasteiger partial charge in [-0.2, -0.15) is 0 Å². The van der Waals surface area contributed by atoms with Crippen molar-refractivity contribution >= 4 is 20.8 Å². The van der Waals surface area contributed by atoms with Crippen LogP contribution in [0, 0.1) is 0 Å². The Kier molecular flexibility index (Phi) is 3.70. The molecule has 1 atom stereocenters. The van der Waals surface area contributed by atoms with Crippen LogP contribution in [-0.2, 0) is 9.84 Å². The van der Waals surface area contributed by atoms with Crippen LogP contribution in [0.3, 0.4) is 0 Å². The van der Waals surface area contributed by atoms with Crippen molar-refractivity contribution in [2.75, 3.05) is 12.0 Å². The summed E-state index contributed by atoms with van der Waals surface area (Å²) < 4.78 is 27.8. The van der Waals surface area contributed by atoms with Gasteiger partial charge in [0.2, 0.25) is 0 Å². The molecule has 0 aliphatic carbocycles. The number of sulfone groups is 1. The van der Waals surface area contributed by atoms with Crippen molar-refractivity contribution in [3.05, 3.63) is 36.1 Å². The van der Waals surface area contributed by atoms with Gasteiger partial charge < -0.3 is 4.42 Å². The van der Waals surface area contributed by atoms with E-state index in [4.69, 9.17) is 10.3 Å². The molecule has 98 valence electrons. The van der Waals surface area contributed by atoms with Crippen LogP contribution >= 0.6 is 0 Å². The zero-order chi connectivity index (χ0) is 13.2. The molecule has 1 aromatic carbocycles. The van der Waals surface area contributed by atoms with Crippen LogP contribution in [-0.4, -0.2) is 20.4 Å². The fourth-order valence-corrected chi connectivity index (χ4v) is 2.59. The molecule has 0 spiro atoms. The first kappa shape index (κ1) is 13.1. The molecule has 1 aromatic heterocycles. The molecule has 3 N–H and O–H groups in total. The van der Waals surface area contributed by atoms with E-state index in [1.807, 2.05) is 24.3 Å². The van der Waals surface area contributed by atoms with Crippen molar-refractivity contribution in [3.63, 3.8) is 0 Å².